The van der Waals surface area contributed by atoms with Crippen molar-refractivity contribution >= 4 is 40.2 Å². The first kappa shape index (κ1) is 20.0. The minimum Gasteiger partial charge on any atom is -0.768 e. The zero-order valence-corrected chi connectivity index (χ0v) is 15.9. The van der Waals surface area contributed by atoms with Crippen LogP contribution in [0.4, 0.5) is 11.4 Å². The molecule has 1 N–H and O–H groups in total. The van der Waals surface area contributed by atoms with E-state index in [1.54, 1.807) is 6.07 Å². The maximum absolute atomic E-state index is 11.8. The van der Waals surface area contributed by atoms with Gasteiger partial charge in [-0.1, -0.05) is 18.2 Å². The van der Waals surface area contributed by atoms with Gasteiger partial charge in [-0.3, -0.25) is 4.21 Å². The van der Waals surface area contributed by atoms with Crippen molar-refractivity contribution in [2.24, 2.45) is 0 Å². The van der Waals surface area contributed by atoms with Gasteiger partial charge in [0.05, 0.1) is 27.8 Å². The number of hydrogen-bond acceptors (Lipinski definition) is 6. The van der Waals surface area contributed by atoms with Crippen molar-refractivity contribution in [3.63, 3.8) is 0 Å². The van der Waals surface area contributed by atoms with E-state index >= 15 is 0 Å². The molecule has 0 aliphatic rings. The zero-order chi connectivity index (χ0) is 19.1. The Morgan fingerprint density at radius 2 is 2.04 bits per heavy atom. The fourth-order valence-electron chi connectivity index (χ4n) is 2.39. The molecule has 0 aliphatic heterocycles. The second kappa shape index (κ2) is 9.42. The number of nitrogens with zero attached hydrogens (tertiary/aromatic N) is 1. The molecule has 0 radical (unpaired) electrons. The highest BCUT2D eigenvalue weighted by atomic mass is 32.2. The van der Waals surface area contributed by atoms with Crippen LogP contribution in [0.25, 0.3) is 0 Å². The van der Waals surface area contributed by atoms with Crippen LogP contribution in [0.2, 0.25) is 0 Å². The van der Waals surface area contributed by atoms with E-state index < -0.39 is 17.0 Å². The number of benzene rings is 2. The molecule has 1 atom stereocenters. The Labute approximate surface area is 158 Å². The molecule has 138 valence electrons. The highest BCUT2D eigenvalue weighted by Gasteiger charge is 2.17. The molecular formula is C18H18NO5S2-. The molecule has 6 nitrogen and oxygen atoms in total. The first-order valence-electron chi connectivity index (χ1n) is 7.68. The quantitative estimate of drug-likeness (QED) is 0.316. The number of carbonyl (C=O) groups is 1. The number of para-hydroxylation sites is 1. The zero-order valence-electron chi connectivity index (χ0n) is 14.2. The third-order valence-electron chi connectivity index (χ3n) is 3.51. The van der Waals surface area contributed by atoms with Crippen LogP contribution in [0.15, 0.2) is 64.6 Å². The molecule has 2 rings (SSSR count). The molecule has 0 aliphatic carbocycles. The van der Waals surface area contributed by atoms with Crippen molar-refractivity contribution in [1.82, 2.24) is 0 Å². The minimum atomic E-state index is -2.49. The maximum Gasteiger partial charge on any atom is 0.331 e. The normalized spacial score (nSPS) is 12.1. The molecule has 0 saturated heterocycles. The van der Waals surface area contributed by atoms with E-state index in [9.17, 15) is 13.6 Å². The van der Waals surface area contributed by atoms with E-state index in [0.29, 0.717) is 17.1 Å². The second-order valence-electron chi connectivity index (χ2n) is 5.04. The van der Waals surface area contributed by atoms with Gasteiger partial charge < -0.3 is 19.3 Å². The van der Waals surface area contributed by atoms with E-state index in [1.807, 2.05) is 48.4 Å². The van der Waals surface area contributed by atoms with Crippen molar-refractivity contribution in [3.05, 3.63) is 54.8 Å². The lowest BCUT2D eigenvalue weighted by Gasteiger charge is -2.27. The van der Waals surface area contributed by atoms with Gasteiger partial charge in [0.2, 0.25) is 0 Å². The molecule has 0 spiro atoms. The average molecular weight is 392 g/mol. The van der Waals surface area contributed by atoms with Gasteiger partial charge in [0.1, 0.15) is 5.75 Å². The van der Waals surface area contributed by atoms with E-state index in [0.717, 1.165) is 18.0 Å². The highest BCUT2D eigenvalue weighted by Crippen LogP contribution is 2.39. The lowest BCUT2D eigenvalue weighted by Crippen LogP contribution is -2.18. The van der Waals surface area contributed by atoms with Crippen molar-refractivity contribution in [1.29, 1.82) is 0 Å². The van der Waals surface area contributed by atoms with Crippen LogP contribution in [0.3, 0.4) is 0 Å². The molecule has 8 heteroatoms. The second-order valence-corrected chi connectivity index (χ2v) is 6.80. The number of carboxylic acid groups (broad SMARTS) is 1. The summed E-state index contributed by atoms with van der Waals surface area (Å²) in [4.78, 5) is 13.2. The van der Waals surface area contributed by atoms with Crippen LogP contribution in [0.5, 0.6) is 5.75 Å². The number of hydrogen-bond donors (Lipinski definition) is 1. The van der Waals surface area contributed by atoms with Gasteiger partial charge in [-0.05, 0) is 48.5 Å². The summed E-state index contributed by atoms with van der Waals surface area (Å²) < 4.78 is 28.9. The standard InChI is InChI=1S/C18H19NO5S2/c1-3-19(13-7-5-4-6-8-13)14-11-16(25-2)15(12-17(14)26(22)23)24-10-9-18(20)21/h4-12H,3H2,1-2H3,(H,20,21)(H,22,23)/p-1/b10-9+. The van der Waals surface area contributed by atoms with Gasteiger partial charge in [-0.15, -0.1) is 11.8 Å². The average Bonchev–Trinajstić information content (AvgIpc) is 2.63. The summed E-state index contributed by atoms with van der Waals surface area (Å²) in [6.45, 7) is 2.50. The smallest absolute Gasteiger partial charge is 0.331 e. The third kappa shape index (κ3) is 4.87. The summed E-state index contributed by atoms with van der Waals surface area (Å²) in [7, 11) is 0. The predicted octanol–water partition coefficient (Wildman–Crippen LogP) is 3.78. The van der Waals surface area contributed by atoms with Crippen molar-refractivity contribution < 1.29 is 23.4 Å². The Hall–Kier alpha value is -2.29. The lowest BCUT2D eigenvalue weighted by molar-refractivity contribution is -0.131. The molecule has 0 aromatic heterocycles. The van der Waals surface area contributed by atoms with E-state index in [-0.39, 0.29) is 10.6 Å². The molecule has 1 unspecified atom stereocenters. The molecular weight excluding hydrogens is 374 g/mol. The Morgan fingerprint density at radius 3 is 2.58 bits per heavy atom. The third-order valence-corrected chi connectivity index (χ3v) is 4.95. The first-order valence-corrected chi connectivity index (χ1v) is 9.97. The van der Waals surface area contributed by atoms with Gasteiger partial charge in [-0.2, -0.15) is 0 Å². The van der Waals surface area contributed by atoms with Crippen molar-refractivity contribution in [3.8, 4) is 5.75 Å². The summed E-state index contributed by atoms with van der Waals surface area (Å²) in [6, 6.07) is 12.6. The largest absolute Gasteiger partial charge is 0.768 e. The molecule has 26 heavy (non-hydrogen) atoms. The molecule has 0 fully saturated rings. The lowest BCUT2D eigenvalue weighted by atomic mass is 10.2. The number of anilines is 2. The highest BCUT2D eigenvalue weighted by molar-refractivity contribution is 7.98. The number of thioether (sulfide) groups is 1. The fourth-order valence-corrected chi connectivity index (χ4v) is 3.47. The summed E-state index contributed by atoms with van der Waals surface area (Å²) in [5, 5.41) is 8.66. The molecule has 0 bridgehead atoms. The maximum atomic E-state index is 11.8. The fraction of sp³-hybridized carbons (Fsp3) is 0.167. The van der Waals surface area contributed by atoms with Crippen LogP contribution in [0, 0.1) is 0 Å². The molecule has 0 heterocycles. The van der Waals surface area contributed by atoms with Gasteiger partial charge in [0.15, 0.2) is 0 Å². The molecule has 2 aromatic rings. The van der Waals surface area contributed by atoms with Crippen LogP contribution >= 0.6 is 11.8 Å². The van der Waals surface area contributed by atoms with Gasteiger partial charge in [0.25, 0.3) is 0 Å². The molecule has 2 aromatic carbocycles. The van der Waals surface area contributed by atoms with Gasteiger partial charge >= 0.3 is 5.97 Å². The van der Waals surface area contributed by atoms with Gasteiger partial charge in [0, 0.05) is 12.2 Å². The molecule has 0 saturated carbocycles. The van der Waals surface area contributed by atoms with Crippen LogP contribution < -0.4 is 9.64 Å². The summed E-state index contributed by atoms with van der Waals surface area (Å²) in [6.07, 6.45) is 3.69. The Morgan fingerprint density at radius 1 is 1.35 bits per heavy atom. The van der Waals surface area contributed by atoms with Crippen LogP contribution in [0.1, 0.15) is 6.92 Å². The minimum absolute atomic E-state index is 0.0761. The Kier molecular flexibility index (Phi) is 7.26. The number of carboxylic acids is 1. The van der Waals surface area contributed by atoms with E-state index in [2.05, 4.69) is 0 Å². The number of ether oxygens (including phenoxy) is 1. The Balaban J connectivity index is 2.54. The number of aliphatic carboxylic acids is 1. The van der Waals surface area contributed by atoms with E-state index in [4.69, 9.17) is 9.84 Å². The molecule has 0 amide bonds. The van der Waals surface area contributed by atoms with E-state index in [1.165, 1.54) is 17.8 Å². The predicted molar refractivity (Wildman–Crippen MR) is 102 cm³/mol. The summed E-state index contributed by atoms with van der Waals surface area (Å²) >= 11 is -1.11. The van der Waals surface area contributed by atoms with Gasteiger partial charge in [-0.25, -0.2) is 4.79 Å². The van der Waals surface area contributed by atoms with Crippen LogP contribution in [-0.4, -0.2) is 32.6 Å². The topological polar surface area (TPSA) is 89.9 Å². The SMILES string of the molecule is CCN(c1ccccc1)c1cc(SC)c(O/C=C/C(=O)O)cc1S(=O)[O-]. The monoisotopic (exact) mass is 392 g/mol. The van der Waals surface area contributed by atoms with Crippen molar-refractivity contribution in [2.45, 2.75) is 16.7 Å². The van der Waals surface area contributed by atoms with Crippen LogP contribution in [-0.2, 0) is 15.9 Å². The van der Waals surface area contributed by atoms with Crippen molar-refractivity contribution in [2.75, 3.05) is 17.7 Å². The Bertz CT molecular complexity index is 824. The first-order chi connectivity index (χ1) is 12.5. The number of rotatable bonds is 8. The summed E-state index contributed by atoms with van der Waals surface area (Å²) in [5.41, 5.74) is 1.40. The summed E-state index contributed by atoms with van der Waals surface area (Å²) in [5.74, 6) is -0.872.